The maximum Gasteiger partial charge on any atom is 0.0541 e. The highest BCUT2D eigenvalue weighted by Gasteiger charge is 1.73. The van der Waals surface area contributed by atoms with Gasteiger partial charge in [0.1, 0.15) is 0 Å². The molecule has 4 radical (unpaired) electrons. The molecule has 0 N–H and O–H groups in total. The molecule has 48 valence electrons. The molecular weight excluding hydrogens is 105 g/mol. The Morgan fingerprint density at radius 2 is 1.56 bits per heavy atom. The number of unbranched alkanes of at least 4 members (excludes halogenated alkanes) is 1. The van der Waals surface area contributed by atoms with Crippen LogP contribution in [0.5, 0.6) is 0 Å². The molecule has 0 fully saturated rings. The summed E-state index contributed by atoms with van der Waals surface area (Å²) in [6.07, 6.45) is 3.68. The van der Waals surface area contributed by atoms with Crippen molar-refractivity contribution in [1.82, 2.24) is 0 Å². The van der Waals surface area contributed by atoms with Crippen LogP contribution in [0.1, 0.15) is 33.6 Å². The quantitative estimate of drug-likeness (QED) is 0.496. The maximum absolute atomic E-state index is 4.96. The molecule has 0 aromatic heterocycles. The van der Waals surface area contributed by atoms with Crippen molar-refractivity contribution in [1.29, 1.82) is 0 Å². The van der Waals surface area contributed by atoms with Gasteiger partial charge in [-0.05, 0) is 0 Å². The highest BCUT2D eigenvalue weighted by molar-refractivity contribution is 7.23. The fourth-order valence-corrected chi connectivity index (χ4v) is 0.136. The van der Waals surface area contributed by atoms with Gasteiger partial charge in [0.15, 0.2) is 0 Å². The lowest BCUT2D eigenvalue weighted by molar-refractivity contribution is 0.886. The highest BCUT2D eigenvalue weighted by atomic mass is 13.6. The average Bonchev–Trinajstić information content (AvgIpc) is 1.91. The Hall–Kier alpha value is 0.195. The van der Waals surface area contributed by atoms with E-state index in [1.54, 1.807) is 7.06 Å². The van der Waals surface area contributed by atoms with Crippen LogP contribution in [0.3, 0.4) is 0 Å². The number of hydrogen-bond acceptors (Lipinski definition) is 0. The molecule has 0 nitrogen and oxygen atoms in total. The summed E-state index contributed by atoms with van der Waals surface area (Å²) in [6, 6.07) is 0. The van der Waals surface area contributed by atoms with Crippen molar-refractivity contribution in [3.8, 4) is 0 Å². The van der Waals surface area contributed by atoms with Gasteiger partial charge in [-0.2, -0.15) is 0 Å². The Morgan fingerprint density at radius 1 is 1.11 bits per heavy atom. The van der Waals surface area contributed by atoms with Gasteiger partial charge in [0.05, 0.1) is 7.17 Å². The van der Waals surface area contributed by atoms with Crippen LogP contribution in [-0.2, 0) is 0 Å². The first-order chi connectivity index (χ1) is 4.33. The minimum Gasteiger partial charge on any atom is -0.0923 e. The monoisotopic (exact) mass is 120 g/mol. The average molecular weight is 120 g/mol. The first kappa shape index (κ1) is 11.9. The summed E-state index contributed by atoms with van der Waals surface area (Å²) in [5.41, 5.74) is 0. The first-order valence-corrected chi connectivity index (χ1v) is 3.70. The third-order valence-electron chi connectivity index (χ3n) is 0.872. The summed E-state index contributed by atoms with van der Waals surface area (Å²) < 4.78 is 0. The molecule has 0 aromatic rings. The van der Waals surface area contributed by atoms with Gasteiger partial charge < -0.3 is 0 Å². The number of rotatable bonds is 3. The fraction of sp³-hybridized carbons (Fsp3) is 1.00. The third kappa shape index (κ3) is 30.8. The van der Waals surface area contributed by atoms with Crippen LogP contribution < -0.4 is 0 Å². The third-order valence-corrected chi connectivity index (χ3v) is 0.872. The highest BCUT2D eigenvalue weighted by Crippen LogP contribution is 1.76. The number of hydrogen-bond donors (Lipinski definition) is 0. The van der Waals surface area contributed by atoms with Gasteiger partial charge in [-0.25, -0.2) is 0 Å². The van der Waals surface area contributed by atoms with Crippen molar-refractivity contribution in [3.63, 3.8) is 0 Å². The Labute approximate surface area is 62.7 Å². The second kappa shape index (κ2) is 15.7. The van der Waals surface area contributed by atoms with Gasteiger partial charge in [0, 0.05) is 14.8 Å². The lowest BCUT2D eigenvalue weighted by Gasteiger charge is -1.74. The summed E-state index contributed by atoms with van der Waals surface area (Å²) in [7, 11) is 8.42. The molecule has 3 heteroatoms. The molecule has 0 bridgehead atoms. The van der Waals surface area contributed by atoms with E-state index >= 15 is 0 Å². The molecule has 0 aliphatic heterocycles. The minimum atomic E-state index is 1.04. The fourth-order valence-electron chi connectivity index (χ4n) is 0.136. The Kier molecular flexibility index (Phi) is 20.8. The molecule has 0 aliphatic rings. The Balaban J connectivity index is 0. The van der Waals surface area contributed by atoms with Gasteiger partial charge in [-0.15, -0.1) is 0 Å². The van der Waals surface area contributed by atoms with E-state index in [0.29, 0.717) is 0 Å². The Morgan fingerprint density at radius 3 is 1.56 bits per heavy atom. The van der Waals surface area contributed by atoms with E-state index < -0.39 is 0 Å². The molecule has 0 atom stereocenters. The molecule has 0 amide bonds. The van der Waals surface area contributed by atoms with Crippen molar-refractivity contribution >= 4 is 22.0 Å². The van der Waals surface area contributed by atoms with E-state index in [-0.39, 0.29) is 0 Å². The maximum atomic E-state index is 4.96. The van der Waals surface area contributed by atoms with Crippen molar-refractivity contribution < 1.29 is 0 Å². The SMILES string of the molecule is CCCC.[B][B][B]CC. The van der Waals surface area contributed by atoms with Crippen LogP contribution in [-0.4, -0.2) is 22.0 Å². The molecule has 0 heterocycles. The summed E-state index contributed by atoms with van der Waals surface area (Å²) in [5.74, 6) is 0. The molecule has 0 rings (SSSR count). The van der Waals surface area contributed by atoms with E-state index in [1.165, 1.54) is 12.8 Å². The summed E-state index contributed by atoms with van der Waals surface area (Å²) in [4.78, 5) is 0. The van der Waals surface area contributed by atoms with Gasteiger partial charge in [-0.1, -0.05) is 39.9 Å². The van der Waals surface area contributed by atoms with Crippen LogP contribution >= 0.6 is 0 Å². The zero-order valence-corrected chi connectivity index (χ0v) is 6.85. The molecule has 0 unspecified atom stereocenters. The van der Waals surface area contributed by atoms with Crippen molar-refractivity contribution in [2.24, 2.45) is 0 Å². The van der Waals surface area contributed by atoms with E-state index in [1.807, 2.05) is 14.1 Å². The lowest BCUT2D eigenvalue weighted by atomic mass is 9.27. The zero-order valence-electron chi connectivity index (χ0n) is 6.85. The molecule has 0 saturated carbocycles. The van der Waals surface area contributed by atoms with Crippen molar-refractivity contribution in [2.45, 2.75) is 39.9 Å². The van der Waals surface area contributed by atoms with Crippen LogP contribution in [0.25, 0.3) is 0 Å². The van der Waals surface area contributed by atoms with E-state index in [4.69, 9.17) is 7.74 Å². The molecule has 9 heavy (non-hydrogen) atoms. The van der Waals surface area contributed by atoms with Crippen LogP contribution in [0, 0.1) is 0 Å². The Bertz CT molecular complexity index is 27.5. The smallest absolute Gasteiger partial charge is 0.0541 e. The molecule has 0 aliphatic carbocycles. The van der Waals surface area contributed by atoms with Gasteiger partial charge >= 0.3 is 0 Å². The van der Waals surface area contributed by atoms with E-state index in [2.05, 4.69) is 13.8 Å². The first-order valence-electron chi connectivity index (χ1n) is 3.70. The van der Waals surface area contributed by atoms with Gasteiger partial charge in [0.2, 0.25) is 0 Å². The second-order valence-corrected chi connectivity index (χ2v) is 1.84. The van der Waals surface area contributed by atoms with E-state index in [9.17, 15) is 0 Å². The van der Waals surface area contributed by atoms with E-state index in [0.717, 1.165) is 6.32 Å². The van der Waals surface area contributed by atoms with Crippen molar-refractivity contribution in [3.05, 3.63) is 0 Å². The lowest BCUT2D eigenvalue weighted by Crippen LogP contribution is -1.98. The largest absolute Gasteiger partial charge is 0.0923 e. The predicted octanol–water partition coefficient (Wildman–Crippen LogP) is 1.64. The molecule has 0 spiro atoms. The van der Waals surface area contributed by atoms with Gasteiger partial charge in [0.25, 0.3) is 0 Å². The predicted molar refractivity (Wildman–Crippen MR) is 48.3 cm³/mol. The normalized spacial score (nSPS) is 7.00. The molecular formula is C6H15B3. The minimum absolute atomic E-state index is 1.04. The summed E-state index contributed by atoms with van der Waals surface area (Å²) in [6.45, 7) is 6.41. The zero-order chi connectivity index (χ0) is 7.54. The van der Waals surface area contributed by atoms with Crippen LogP contribution in [0.15, 0.2) is 0 Å². The summed E-state index contributed by atoms with van der Waals surface area (Å²) in [5, 5.41) is 0. The van der Waals surface area contributed by atoms with Crippen LogP contribution in [0.2, 0.25) is 6.32 Å². The molecule has 0 aromatic carbocycles. The van der Waals surface area contributed by atoms with Crippen LogP contribution in [0.4, 0.5) is 0 Å². The van der Waals surface area contributed by atoms with Gasteiger partial charge in [-0.3, -0.25) is 0 Å². The summed E-state index contributed by atoms with van der Waals surface area (Å²) >= 11 is 0. The molecule has 0 saturated heterocycles. The standard InChI is InChI=1S/C4H10.C2H5B3/c1-3-4-2;1-2-4-5-3/h3-4H2,1-2H3;2H2,1H3. The topological polar surface area (TPSA) is 0 Å². The van der Waals surface area contributed by atoms with Crippen molar-refractivity contribution in [2.75, 3.05) is 0 Å². The second-order valence-electron chi connectivity index (χ2n) is 1.84.